The number of epoxide rings is 3. The zero-order valence-corrected chi connectivity index (χ0v) is 14.7. The molecule has 3 saturated heterocycles. The number of hydrogen-bond donors (Lipinski definition) is 0. The topological polar surface area (TPSA) is 50.1 Å². The van der Waals surface area contributed by atoms with Crippen molar-refractivity contribution < 1.29 is 18.9 Å². The Hall–Kier alpha value is -2.08. The molecule has 0 aromatic heterocycles. The van der Waals surface area contributed by atoms with E-state index in [0.717, 1.165) is 38.7 Å². The fourth-order valence-corrected chi connectivity index (χ4v) is 3.09. The van der Waals surface area contributed by atoms with Gasteiger partial charge in [0, 0.05) is 18.8 Å². The lowest BCUT2D eigenvalue weighted by Gasteiger charge is -2.23. The molecular formula is C21H23NO4. The molecule has 0 saturated carbocycles. The number of rotatable bonds is 9. The average molecular weight is 353 g/mol. The lowest BCUT2D eigenvalue weighted by molar-refractivity contribution is 0.263. The zero-order chi connectivity index (χ0) is 17.3. The van der Waals surface area contributed by atoms with Gasteiger partial charge in [-0.2, -0.15) is 0 Å². The van der Waals surface area contributed by atoms with Crippen LogP contribution in [0.15, 0.2) is 48.5 Å². The van der Waals surface area contributed by atoms with Crippen LogP contribution in [0.1, 0.15) is 0 Å². The number of anilines is 1. The highest BCUT2D eigenvalue weighted by Gasteiger charge is 2.30. The molecule has 2 aromatic carbocycles. The molecule has 0 aliphatic carbocycles. The van der Waals surface area contributed by atoms with Gasteiger partial charge in [-0.15, -0.1) is 0 Å². The molecule has 2 aromatic rings. The van der Waals surface area contributed by atoms with Crippen molar-refractivity contribution in [3.63, 3.8) is 0 Å². The summed E-state index contributed by atoms with van der Waals surface area (Å²) in [5.74, 6) is 0.890. The van der Waals surface area contributed by atoms with Crippen molar-refractivity contribution in [3.8, 4) is 16.9 Å². The van der Waals surface area contributed by atoms with E-state index in [9.17, 15) is 0 Å². The maximum Gasteiger partial charge on any atom is 0.119 e. The number of nitrogens with zero attached hydrogens (tertiary/aromatic N) is 1. The fourth-order valence-electron chi connectivity index (χ4n) is 3.09. The molecule has 26 heavy (non-hydrogen) atoms. The molecule has 3 aliphatic rings. The molecule has 0 N–H and O–H groups in total. The molecule has 3 atom stereocenters. The van der Waals surface area contributed by atoms with E-state index in [1.54, 1.807) is 0 Å². The average Bonchev–Trinajstić information content (AvgIpc) is 3.54. The van der Waals surface area contributed by atoms with Crippen LogP contribution >= 0.6 is 0 Å². The molecule has 136 valence electrons. The molecule has 0 spiro atoms. The predicted octanol–water partition coefficient (Wildman–Crippen LogP) is 2.74. The van der Waals surface area contributed by atoms with Gasteiger partial charge in [-0.25, -0.2) is 0 Å². The summed E-state index contributed by atoms with van der Waals surface area (Å²) in [6.45, 7) is 5.09. The van der Waals surface area contributed by atoms with Crippen molar-refractivity contribution in [2.45, 2.75) is 18.3 Å². The predicted molar refractivity (Wildman–Crippen MR) is 98.8 cm³/mol. The van der Waals surface area contributed by atoms with Crippen LogP contribution in [0.4, 0.5) is 5.69 Å². The van der Waals surface area contributed by atoms with Gasteiger partial charge in [0.1, 0.15) is 18.5 Å². The maximum absolute atomic E-state index is 5.70. The van der Waals surface area contributed by atoms with E-state index in [-0.39, 0.29) is 6.10 Å². The van der Waals surface area contributed by atoms with E-state index < -0.39 is 0 Å². The Bertz CT molecular complexity index is 720. The van der Waals surface area contributed by atoms with Crippen LogP contribution in [0, 0.1) is 0 Å². The van der Waals surface area contributed by atoms with Gasteiger partial charge in [-0.1, -0.05) is 24.3 Å². The third-order valence-electron chi connectivity index (χ3n) is 4.91. The van der Waals surface area contributed by atoms with Crippen LogP contribution < -0.4 is 9.64 Å². The van der Waals surface area contributed by atoms with E-state index in [2.05, 4.69) is 41.3 Å². The van der Waals surface area contributed by atoms with Gasteiger partial charge >= 0.3 is 0 Å². The maximum atomic E-state index is 5.70. The van der Waals surface area contributed by atoms with E-state index in [1.165, 1.54) is 16.8 Å². The Kier molecular flexibility index (Phi) is 4.28. The summed E-state index contributed by atoms with van der Waals surface area (Å²) in [6.07, 6.45) is 1.04. The van der Waals surface area contributed by atoms with Gasteiger partial charge in [0.05, 0.1) is 32.0 Å². The van der Waals surface area contributed by atoms with Crippen molar-refractivity contribution in [2.24, 2.45) is 0 Å². The van der Waals surface area contributed by atoms with Crippen LogP contribution in [0.3, 0.4) is 0 Å². The minimum Gasteiger partial charge on any atom is -0.491 e. The summed E-state index contributed by atoms with van der Waals surface area (Å²) in [5.41, 5.74) is 3.62. The van der Waals surface area contributed by atoms with Crippen LogP contribution in [0.2, 0.25) is 0 Å². The first-order valence-electron chi connectivity index (χ1n) is 9.26. The van der Waals surface area contributed by atoms with Crippen molar-refractivity contribution in [1.82, 2.24) is 0 Å². The van der Waals surface area contributed by atoms with Gasteiger partial charge in [-0.05, 0) is 35.4 Å². The quantitative estimate of drug-likeness (QED) is 0.649. The number of hydrogen-bond acceptors (Lipinski definition) is 5. The summed E-state index contributed by atoms with van der Waals surface area (Å²) >= 11 is 0. The second kappa shape index (κ2) is 6.91. The first-order valence-corrected chi connectivity index (χ1v) is 9.26. The lowest BCUT2D eigenvalue weighted by Crippen LogP contribution is -2.31. The number of ether oxygens (including phenoxy) is 4. The van der Waals surface area contributed by atoms with Gasteiger partial charge < -0.3 is 23.8 Å². The molecule has 0 radical (unpaired) electrons. The smallest absolute Gasteiger partial charge is 0.119 e. The third-order valence-corrected chi connectivity index (χ3v) is 4.91. The first kappa shape index (κ1) is 16.1. The van der Waals surface area contributed by atoms with Gasteiger partial charge in [0.2, 0.25) is 0 Å². The Balaban J connectivity index is 1.25. The van der Waals surface area contributed by atoms with E-state index in [1.807, 2.05) is 12.1 Å². The normalized spacial score (nSPS) is 25.6. The minimum atomic E-state index is 0.284. The second-order valence-electron chi connectivity index (χ2n) is 7.15. The highest BCUT2D eigenvalue weighted by Crippen LogP contribution is 2.27. The Labute approximate surface area is 153 Å². The van der Waals surface area contributed by atoms with E-state index in [0.29, 0.717) is 18.8 Å². The lowest BCUT2D eigenvalue weighted by atomic mass is 10.0. The molecule has 5 nitrogen and oxygen atoms in total. The van der Waals surface area contributed by atoms with Gasteiger partial charge in [-0.3, -0.25) is 0 Å². The Morgan fingerprint density at radius 1 is 0.731 bits per heavy atom. The standard InChI is InChI=1S/C21H23NO4/c1-5-17(22(9-19-11-24-19)10-20-12-25-20)6-2-15(1)16-3-7-18(8-4-16)23-13-21-14-26-21/h1-8,19-21H,9-14H2. The van der Waals surface area contributed by atoms with Crippen LogP contribution in [-0.4, -0.2) is 57.8 Å². The number of benzene rings is 2. The monoisotopic (exact) mass is 353 g/mol. The summed E-state index contributed by atoms with van der Waals surface area (Å²) in [7, 11) is 0. The second-order valence-corrected chi connectivity index (χ2v) is 7.15. The SMILES string of the molecule is c1cc(-c2ccc(N(CC3CO3)CC3CO3)cc2)ccc1OCC1CO1. The molecular weight excluding hydrogens is 330 g/mol. The summed E-state index contributed by atoms with van der Waals surface area (Å²) in [4.78, 5) is 2.37. The van der Waals surface area contributed by atoms with Crippen molar-refractivity contribution in [1.29, 1.82) is 0 Å². The molecule has 5 rings (SSSR count). The van der Waals surface area contributed by atoms with Crippen molar-refractivity contribution >= 4 is 5.69 Å². The van der Waals surface area contributed by atoms with Gasteiger partial charge in [0.25, 0.3) is 0 Å². The minimum absolute atomic E-state index is 0.284. The molecule has 3 fully saturated rings. The molecule has 3 heterocycles. The van der Waals surface area contributed by atoms with Crippen LogP contribution in [0.5, 0.6) is 5.75 Å². The Morgan fingerprint density at radius 2 is 1.23 bits per heavy atom. The van der Waals surface area contributed by atoms with Crippen LogP contribution in [0.25, 0.3) is 11.1 Å². The van der Waals surface area contributed by atoms with Crippen molar-refractivity contribution in [3.05, 3.63) is 48.5 Å². The molecule has 3 aliphatic heterocycles. The van der Waals surface area contributed by atoms with E-state index >= 15 is 0 Å². The highest BCUT2D eigenvalue weighted by atomic mass is 16.6. The Morgan fingerprint density at radius 3 is 1.73 bits per heavy atom. The van der Waals surface area contributed by atoms with E-state index in [4.69, 9.17) is 18.9 Å². The zero-order valence-electron chi connectivity index (χ0n) is 14.7. The summed E-state index contributed by atoms with van der Waals surface area (Å²) in [5, 5.41) is 0. The molecule has 3 unspecified atom stereocenters. The highest BCUT2D eigenvalue weighted by molar-refractivity contribution is 5.67. The fraction of sp³-hybridized carbons (Fsp3) is 0.429. The third kappa shape index (κ3) is 4.18. The molecule has 0 bridgehead atoms. The molecule has 5 heteroatoms. The van der Waals surface area contributed by atoms with Crippen molar-refractivity contribution in [2.75, 3.05) is 44.4 Å². The first-order chi connectivity index (χ1) is 12.8. The largest absolute Gasteiger partial charge is 0.491 e. The summed E-state index contributed by atoms with van der Waals surface area (Å²) < 4.78 is 21.7. The van der Waals surface area contributed by atoms with Crippen LogP contribution in [-0.2, 0) is 14.2 Å². The van der Waals surface area contributed by atoms with Gasteiger partial charge in [0.15, 0.2) is 0 Å². The summed E-state index contributed by atoms with van der Waals surface area (Å²) in [6, 6.07) is 17.0. The molecule has 0 amide bonds.